The van der Waals surface area contributed by atoms with Crippen molar-refractivity contribution in [2.45, 2.75) is 6.04 Å². The SMILES string of the molecule is COC(=O)C1=N[C@@H](c2ccccc2)[C@@H](C(=O)OC)[C@@H]1C(=O)OC. The van der Waals surface area contributed by atoms with Crippen molar-refractivity contribution in [3.8, 4) is 0 Å². The van der Waals surface area contributed by atoms with Gasteiger partial charge in [-0.1, -0.05) is 30.3 Å². The lowest BCUT2D eigenvalue weighted by molar-refractivity contribution is -0.155. The first-order chi connectivity index (χ1) is 11.0. The molecular formula is C16H17NO6. The molecule has 0 amide bonds. The van der Waals surface area contributed by atoms with E-state index in [1.54, 1.807) is 24.3 Å². The van der Waals surface area contributed by atoms with Crippen molar-refractivity contribution in [1.82, 2.24) is 0 Å². The Balaban J connectivity index is 2.54. The molecule has 122 valence electrons. The molecule has 0 radical (unpaired) electrons. The van der Waals surface area contributed by atoms with Crippen molar-refractivity contribution in [3.63, 3.8) is 0 Å². The number of esters is 3. The normalized spacial score (nSPS) is 22.9. The fourth-order valence-electron chi connectivity index (χ4n) is 2.67. The highest BCUT2D eigenvalue weighted by Crippen LogP contribution is 2.40. The predicted octanol–water partition coefficient (Wildman–Crippen LogP) is 0.934. The summed E-state index contributed by atoms with van der Waals surface area (Å²) in [4.78, 5) is 40.6. The fraction of sp³-hybridized carbons (Fsp3) is 0.375. The Bertz CT molecular complexity index is 639. The van der Waals surface area contributed by atoms with E-state index in [1.807, 2.05) is 6.07 Å². The minimum Gasteiger partial charge on any atom is -0.469 e. The molecule has 7 heteroatoms. The molecule has 7 nitrogen and oxygen atoms in total. The van der Waals surface area contributed by atoms with Gasteiger partial charge >= 0.3 is 17.9 Å². The van der Waals surface area contributed by atoms with Crippen LogP contribution < -0.4 is 0 Å². The third-order valence-corrected chi connectivity index (χ3v) is 3.74. The zero-order valence-electron chi connectivity index (χ0n) is 13.0. The summed E-state index contributed by atoms with van der Waals surface area (Å²) in [6.45, 7) is 0. The van der Waals surface area contributed by atoms with E-state index in [-0.39, 0.29) is 5.71 Å². The van der Waals surface area contributed by atoms with Gasteiger partial charge in [0.2, 0.25) is 0 Å². The standard InChI is InChI=1S/C16H17NO6/c1-21-14(18)10-11(15(19)22-2)13(16(20)23-3)17-12(10)9-7-5-4-6-8-9/h4-8,10-12H,1-3H3/t10-,11-,12-/m0/s1. The van der Waals surface area contributed by atoms with Crippen LogP contribution in [-0.2, 0) is 28.6 Å². The summed E-state index contributed by atoms with van der Waals surface area (Å²) in [7, 11) is 3.58. The second-order valence-corrected chi connectivity index (χ2v) is 4.91. The number of benzene rings is 1. The highest BCUT2D eigenvalue weighted by atomic mass is 16.5. The lowest BCUT2D eigenvalue weighted by atomic mass is 9.84. The van der Waals surface area contributed by atoms with Crippen molar-refractivity contribution in [3.05, 3.63) is 35.9 Å². The molecule has 0 spiro atoms. The quantitative estimate of drug-likeness (QED) is 0.606. The lowest BCUT2D eigenvalue weighted by Gasteiger charge is -2.20. The molecular weight excluding hydrogens is 302 g/mol. The summed E-state index contributed by atoms with van der Waals surface area (Å²) >= 11 is 0. The van der Waals surface area contributed by atoms with E-state index in [2.05, 4.69) is 9.73 Å². The Kier molecular flexibility index (Phi) is 5.10. The molecule has 0 unspecified atom stereocenters. The van der Waals surface area contributed by atoms with Crippen molar-refractivity contribution < 1.29 is 28.6 Å². The summed E-state index contributed by atoms with van der Waals surface area (Å²) in [6, 6.07) is 8.18. The second-order valence-electron chi connectivity index (χ2n) is 4.91. The summed E-state index contributed by atoms with van der Waals surface area (Å²) in [5.41, 5.74) is 0.555. The Labute approximate surface area is 133 Å². The van der Waals surface area contributed by atoms with Gasteiger partial charge in [-0.3, -0.25) is 14.6 Å². The van der Waals surface area contributed by atoms with Gasteiger partial charge in [-0.2, -0.15) is 0 Å². The van der Waals surface area contributed by atoms with Crippen molar-refractivity contribution in [1.29, 1.82) is 0 Å². The van der Waals surface area contributed by atoms with Crippen LogP contribution >= 0.6 is 0 Å². The first kappa shape index (κ1) is 16.7. The average Bonchev–Trinajstić information content (AvgIpc) is 3.00. The number of carbonyl (C=O) groups is 3. The predicted molar refractivity (Wildman–Crippen MR) is 79.6 cm³/mol. The van der Waals surface area contributed by atoms with Crippen molar-refractivity contribution >= 4 is 23.6 Å². The van der Waals surface area contributed by atoms with Crippen LogP contribution in [0.5, 0.6) is 0 Å². The van der Waals surface area contributed by atoms with Gasteiger partial charge in [0.05, 0.1) is 27.4 Å². The highest BCUT2D eigenvalue weighted by Gasteiger charge is 2.51. The van der Waals surface area contributed by atoms with Crippen LogP contribution in [0.4, 0.5) is 0 Å². The maximum absolute atomic E-state index is 12.2. The van der Waals surface area contributed by atoms with Gasteiger partial charge < -0.3 is 14.2 Å². The van der Waals surface area contributed by atoms with Crippen LogP contribution in [0.1, 0.15) is 11.6 Å². The van der Waals surface area contributed by atoms with Gasteiger partial charge in [0, 0.05) is 0 Å². The van der Waals surface area contributed by atoms with Crippen LogP contribution in [0.2, 0.25) is 0 Å². The molecule has 0 aromatic heterocycles. The van der Waals surface area contributed by atoms with E-state index in [4.69, 9.17) is 9.47 Å². The number of aliphatic imine (C=N–C) groups is 1. The van der Waals surface area contributed by atoms with E-state index < -0.39 is 35.8 Å². The Morgan fingerprint density at radius 3 is 2.04 bits per heavy atom. The van der Waals surface area contributed by atoms with E-state index in [0.29, 0.717) is 5.56 Å². The molecule has 0 fully saturated rings. The van der Waals surface area contributed by atoms with Crippen molar-refractivity contribution in [2.75, 3.05) is 21.3 Å². The van der Waals surface area contributed by atoms with Crippen molar-refractivity contribution in [2.24, 2.45) is 16.8 Å². The summed E-state index contributed by atoms with van der Waals surface area (Å²) in [6.07, 6.45) is 0. The van der Waals surface area contributed by atoms with Crippen LogP contribution in [0.15, 0.2) is 35.3 Å². The van der Waals surface area contributed by atoms with E-state index >= 15 is 0 Å². The molecule has 1 aromatic carbocycles. The second kappa shape index (κ2) is 7.04. The maximum Gasteiger partial charge on any atom is 0.352 e. The van der Waals surface area contributed by atoms with Crippen LogP contribution in [-0.4, -0.2) is 44.9 Å². The maximum atomic E-state index is 12.2. The topological polar surface area (TPSA) is 91.3 Å². The smallest absolute Gasteiger partial charge is 0.352 e. The first-order valence-electron chi connectivity index (χ1n) is 6.91. The largest absolute Gasteiger partial charge is 0.469 e. The molecule has 23 heavy (non-hydrogen) atoms. The molecule has 0 N–H and O–H groups in total. The number of carbonyl (C=O) groups excluding carboxylic acids is 3. The fourth-order valence-corrected chi connectivity index (χ4v) is 2.67. The zero-order chi connectivity index (χ0) is 17.0. The third-order valence-electron chi connectivity index (χ3n) is 3.74. The Morgan fingerprint density at radius 2 is 1.52 bits per heavy atom. The van der Waals surface area contributed by atoms with Gasteiger partial charge in [0.15, 0.2) is 0 Å². The first-order valence-corrected chi connectivity index (χ1v) is 6.91. The molecule has 0 saturated carbocycles. The minimum absolute atomic E-state index is 0.136. The molecule has 0 saturated heterocycles. The van der Waals surface area contributed by atoms with Crippen LogP contribution in [0.3, 0.4) is 0 Å². The van der Waals surface area contributed by atoms with Gasteiger partial charge in [0.25, 0.3) is 0 Å². The molecule has 2 rings (SSSR count). The number of rotatable bonds is 4. The van der Waals surface area contributed by atoms with E-state index in [9.17, 15) is 14.4 Å². The molecule has 0 bridgehead atoms. The lowest BCUT2D eigenvalue weighted by Crippen LogP contribution is -2.38. The van der Waals surface area contributed by atoms with Gasteiger partial charge in [0.1, 0.15) is 17.5 Å². The van der Waals surface area contributed by atoms with Crippen LogP contribution in [0.25, 0.3) is 0 Å². The van der Waals surface area contributed by atoms with Gasteiger partial charge in [-0.05, 0) is 5.56 Å². The van der Waals surface area contributed by atoms with E-state index in [0.717, 1.165) is 0 Å². The number of hydrogen-bond donors (Lipinski definition) is 0. The Hall–Kier alpha value is -2.70. The molecule has 1 aliphatic rings. The Morgan fingerprint density at radius 1 is 0.913 bits per heavy atom. The number of hydrogen-bond acceptors (Lipinski definition) is 7. The molecule has 1 heterocycles. The molecule has 3 atom stereocenters. The molecule has 1 aliphatic heterocycles. The number of nitrogens with zero attached hydrogens (tertiary/aromatic N) is 1. The average molecular weight is 319 g/mol. The van der Waals surface area contributed by atoms with E-state index in [1.165, 1.54) is 21.3 Å². The minimum atomic E-state index is -1.16. The molecule has 0 aliphatic carbocycles. The monoisotopic (exact) mass is 319 g/mol. The summed E-state index contributed by atoms with van der Waals surface area (Å²) in [5.74, 6) is -4.29. The number of ether oxygens (including phenoxy) is 3. The zero-order valence-corrected chi connectivity index (χ0v) is 13.0. The summed E-state index contributed by atoms with van der Waals surface area (Å²) in [5, 5.41) is 0. The van der Waals surface area contributed by atoms with Gasteiger partial charge in [-0.15, -0.1) is 0 Å². The number of methoxy groups -OCH3 is 3. The molecule has 1 aromatic rings. The third kappa shape index (κ3) is 3.08. The van der Waals surface area contributed by atoms with Gasteiger partial charge in [-0.25, -0.2) is 4.79 Å². The highest BCUT2D eigenvalue weighted by molar-refractivity contribution is 6.41. The summed E-state index contributed by atoms with van der Waals surface area (Å²) < 4.78 is 14.2. The van der Waals surface area contributed by atoms with Crippen LogP contribution in [0, 0.1) is 11.8 Å².